The Morgan fingerprint density at radius 3 is 2.56 bits per heavy atom. The highest BCUT2D eigenvalue weighted by molar-refractivity contribution is 7.91. The summed E-state index contributed by atoms with van der Waals surface area (Å²) in [7, 11) is -0.891. The Labute approximate surface area is 109 Å². The van der Waals surface area contributed by atoms with E-state index in [9.17, 15) is 8.42 Å². The number of nitrogens with zero attached hydrogens (tertiary/aromatic N) is 1. The Morgan fingerprint density at radius 1 is 1.28 bits per heavy atom. The van der Waals surface area contributed by atoms with E-state index >= 15 is 0 Å². The van der Waals surface area contributed by atoms with Crippen LogP contribution in [0.25, 0.3) is 0 Å². The maximum Gasteiger partial charge on any atom is 0.153 e. The molecule has 1 aromatic carbocycles. The van der Waals surface area contributed by atoms with Crippen LogP contribution in [0.1, 0.15) is 11.1 Å². The van der Waals surface area contributed by atoms with E-state index in [1.807, 2.05) is 7.05 Å². The van der Waals surface area contributed by atoms with E-state index in [-0.39, 0.29) is 11.5 Å². The van der Waals surface area contributed by atoms with E-state index in [0.717, 1.165) is 12.2 Å². The van der Waals surface area contributed by atoms with Crippen LogP contribution in [-0.2, 0) is 16.4 Å². The zero-order valence-electron chi connectivity index (χ0n) is 10.9. The van der Waals surface area contributed by atoms with Gasteiger partial charge in [0, 0.05) is 25.3 Å². The quantitative estimate of drug-likeness (QED) is 0.887. The molecule has 1 heterocycles. The minimum atomic E-state index is -2.81. The number of hydrogen-bond donors (Lipinski definition) is 1. The Hall–Kier alpha value is -1.07. The summed E-state index contributed by atoms with van der Waals surface area (Å²) >= 11 is 0. The van der Waals surface area contributed by atoms with Gasteiger partial charge in [-0.05, 0) is 25.6 Å². The van der Waals surface area contributed by atoms with Gasteiger partial charge >= 0.3 is 0 Å². The zero-order chi connectivity index (χ0) is 13.2. The summed E-state index contributed by atoms with van der Waals surface area (Å²) in [6.07, 6.45) is 0. The third-order valence-corrected chi connectivity index (χ3v) is 4.90. The monoisotopic (exact) mass is 268 g/mol. The molecule has 0 amide bonds. The summed E-state index contributed by atoms with van der Waals surface area (Å²) in [5.74, 6) is 0.528. The number of rotatable bonds is 3. The van der Waals surface area contributed by atoms with Crippen molar-refractivity contribution in [2.24, 2.45) is 0 Å². The maximum absolute atomic E-state index is 11.5. The Bertz CT molecular complexity index is 512. The van der Waals surface area contributed by atoms with E-state index in [0.29, 0.717) is 13.1 Å². The highest BCUT2D eigenvalue weighted by Crippen LogP contribution is 2.23. The van der Waals surface area contributed by atoms with Crippen molar-refractivity contribution in [2.75, 3.05) is 36.5 Å². The molecule has 0 radical (unpaired) electrons. The predicted octanol–water partition coefficient (Wildman–Crippen LogP) is 0.949. The van der Waals surface area contributed by atoms with Gasteiger partial charge in [-0.15, -0.1) is 0 Å². The molecule has 0 aliphatic carbocycles. The van der Waals surface area contributed by atoms with Crippen LogP contribution in [0, 0.1) is 6.92 Å². The lowest BCUT2D eigenvalue weighted by Crippen LogP contribution is -2.40. The Kier molecular flexibility index (Phi) is 3.92. The minimum Gasteiger partial charge on any atom is -0.369 e. The number of anilines is 1. The van der Waals surface area contributed by atoms with Gasteiger partial charge in [-0.1, -0.05) is 17.7 Å². The summed E-state index contributed by atoms with van der Waals surface area (Å²) < 4.78 is 22.9. The number of hydrogen-bond acceptors (Lipinski definition) is 4. The SMILES string of the molecule is CNCc1cc(C)ccc1N1CCS(=O)(=O)CC1. The summed E-state index contributed by atoms with van der Waals surface area (Å²) in [6, 6.07) is 6.34. The van der Waals surface area contributed by atoms with Gasteiger partial charge in [0.1, 0.15) is 0 Å². The minimum absolute atomic E-state index is 0.264. The van der Waals surface area contributed by atoms with Gasteiger partial charge in [0.25, 0.3) is 0 Å². The summed E-state index contributed by atoms with van der Waals surface area (Å²) in [5, 5.41) is 3.16. The van der Waals surface area contributed by atoms with Crippen molar-refractivity contribution in [3.63, 3.8) is 0 Å². The fourth-order valence-electron chi connectivity index (χ4n) is 2.31. The molecule has 0 aromatic heterocycles. The smallest absolute Gasteiger partial charge is 0.153 e. The second-order valence-corrected chi connectivity index (χ2v) is 7.10. The van der Waals surface area contributed by atoms with Crippen LogP contribution >= 0.6 is 0 Å². The van der Waals surface area contributed by atoms with Crippen molar-refractivity contribution in [2.45, 2.75) is 13.5 Å². The van der Waals surface area contributed by atoms with Crippen LogP contribution in [0.4, 0.5) is 5.69 Å². The molecule has 0 spiro atoms. The van der Waals surface area contributed by atoms with Gasteiger partial charge in [0.05, 0.1) is 11.5 Å². The summed E-state index contributed by atoms with van der Waals surface area (Å²) in [4.78, 5) is 2.17. The van der Waals surface area contributed by atoms with Gasteiger partial charge in [0.2, 0.25) is 0 Å². The Morgan fingerprint density at radius 2 is 1.94 bits per heavy atom. The van der Waals surface area contributed by atoms with Gasteiger partial charge in [-0.25, -0.2) is 8.42 Å². The van der Waals surface area contributed by atoms with Crippen LogP contribution in [0.3, 0.4) is 0 Å². The third kappa shape index (κ3) is 3.03. The highest BCUT2D eigenvalue weighted by atomic mass is 32.2. The molecule has 1 saturated heterocycles. The number of nitrogens with one attached hydrogen (secondary N) is 1. The van der Waals surface area contributed by atoms with Crippen LogP contribution in [0.5, 0.6) is 0 Å². The molecular weight excluding hydrogens is 248 g/mol. The van der Waals surface area contributed by atoms with Gasteiger partial charge in [0.15, 0.2) is 9.84 Å². The molecule has 0 saturated carbocycles. The zero-order valence-corrected chi connectivity index (χ0v) is 11.8. The van der Waals surface area contributed by atoms with E-state index in [1.165, 1.54) is 11.1 Å². The second kappa shape index (κ2) is 5.28. The average molecular weight is 268 g/mol. The van der Waals surface area contributed by atoms with Crippen molar-refractivity contribution >= 4 is 15.5 Å². The van der Waals surface area contributed by atoms with Crippen LogP contribution in [-0.4, -0.2) is 40.1 Å². The highest BCUT2D eigenvalue weighted by Gasteiger charge is 2.22. The number of aryl methyl sites for hydroxylation is 1. The first-order valence-electron chi connectivity index (χ1n) is 6.21. The van der Waals surface area contributed by atoms with Gasteiger partial charge < -0.3 is 10.2 Å². The molecule has 4 nitrogen and oxygen atoms in total. The topological polar surface area (TPSA) is 49.4 Å². The molecule has 5 heteroatoms. The molecule has 2 rings (SSSR count). The molecule has 1 aromatic rings. The first-order valence-corrected chi connectivity index (χ1v) is 8.03. The molecule has 0 bridgehead atoms. The summed E-state index contributed by atoms with van der Waals surface area (Å²) in [6.45, 7) is 4.08. The lowest BCUT2D eigenvalue weighted by molar-refractivity contribution is 0.586. The number of sulfone groups is 1. The molecule has 0 unspecified atom stereocenters. The van der Waals surface area contributed by atoms with Crippen LogP contribution in [0.2, 0.25) is 0 Å². The van der Waals surface area contributed by atoms with Crippen LogP contribution < -0.4 is 10.2 Å². The van der Waals surface area contributed by atoms with Crippen molar-refractivity contribution in [3.8, 4) is 0 Å². The molecule has 1 fully saturated rings. The molecule has 1 aliphatic heterocycles. The van der Waals surface area contributed by atoms with Crippen molar-refractivity contribution in [1.29, 1.82) is 0 Å². The van der Waals surface area contributed by atoms with Crippen molar-refractivity contribution < 1.29 is 8.42 Å². The first kappa shape index (κ1) is 13.4. The van der Waals surface area contributed by atoms with Crippen LogP contribution in [0.15, 0.2) is 18.2 Å². The fourth-order valence-corrected chi connectivity index (χ4v) is 3.51. The van der Waals surface area contributed by atoms with Crippen molar-refractivity contribution in [1.82, 2.24) is 5.32 Å². The van der Waals surface area contributed by atoms with E-state index < -0.39 is 9.84 Å². The maximum atomic E-state index is 11.5. The molecule has 1 N–H and O–H groups in total. The molecule has 0 atom stereocenters. The predicted molar refractivity (Wildman–Crippen MR) is 74.8 cm³/mol. The van der Waals surface area contributed by atoms with E-state index in [4.69, 9.17) is 0 Å². The molecular formula is C13H20N2O2S. The van der Waals surface area contributed by atoms with E-state index in [1.54, 1.807) is 0 Å². The second-order valence-electron chi connectivity index (χ2n) is 4.80. The standard InChI is InChI=1S/C13H20N2O2S/c1-11-3-4-13(12(9-11)10-14-2)15-5-7-18(16,17)8-6-15/h3-4,9,14H,5-8,10H2,1-2H3. The lowest BCUT2D eigenvalue weighted by Gasteiger charge is -2.30. The molecule has 1 aliphatic rings. The summed E-state index contributed by atoms with van der Waals surface area (Å²) in [5.41, 5.74) is 3.62. The molecule has 18 heavy (non-hydrogen) atoms. The fraction of sp³-hybridized carbons (Fsp3) is 0.538. The van der Waals surface area contributed by atoms with Gasteiger partial charge in [-0.2, -0.15) is 0 Å². The third-order valence-electron chi connectivity index (χ3n) is 3.29. The first-order chi connectivity index (χ1) is 8.52. The Balaban J connectivity index is 2.23. The van der Waals surface area contributed by atoms with Gasteiger partial charge in [-0.3, -0.25) is 0 Å². The molecule has 100 valence electrons. The normalized spacial score (nSPS) is 18.9. The van der Waals surface area contributed by atoms with Crippen molar-refractivity contribution in [3.05, 3.63) is 29.3 Å². The largest absolute Gasteiger partial charge is 0.369 e. The lowest BCUT2D eigenvalue weighted by atomic mass is 10.1. The number of benzene rings is 1. The van der Waals surface area contributed by atoms with E-state index in [2.05, 4.69) is 35.3 Å². The average Bonchev–Trinajstić information content (AvgIpc) is 2.31.